The molecule has 0 amide bonds. The summed E-state index contributed by atoms with van der Waals surface area (Å²) < 4.78 is 1.04. The van der Waals surface area contributed by atoms with Gasteiger partial charge in [-0.15, -0.1) is 11.3 Å². The average Bonchev–Trinajstić information content (AvgIpc) is 2.76. The first-order valence-corrected chi connectivity index (χ1v) is 8.19. The lowest BCUT2D eigenvalue weighted by Crippen LogP contribution is -1.90. The SMILES string of the molecule is CCc1ccc(C(Br)c2ccc(Cl)cc2Br)s1. The van der Waals surface area contributed by atoms with Gasteiger partial charge in [-0.3, -0.25) is 0 Å². The van der Waals surface area contributed by atoms with Gasteiger partial charge in [0.05, 0.1) is 4.83 Å². The zero-order chi connectivity index (χ0) is 12.4. The van der Waals surface area contributed by atoms with E-state index in [-0.39, 0.29) is 4.83 Å². The van der Waals surface area contributed by atoms with Gasteiger partial charge in [0.15, 0.2) is 0 Å². The molecular weight excluding hydrogens is 383 g/mol. The van der Waals surface area contributed by atoms with Crippen LogP contribution in [0.1, 0.15) is 27.1 Å². The molecule has 2 rings (SSSR count). The maximum atomic E-state index is 5.95. The van der Waals surface area contributed by atoms with Gasteiger partial charge in [-0.1, -0.05) is 56.5 Å². The van der Waals surface area contributed by atoms with E-state index in [0.717, 1.165) is 15.9 Å². The van der Waals surface area contributed by atoms with Crippen molar-refractivity contribution in [2.45, 2.75) is 18.2 Å². The molecule has 4 heteroatoms. The predicted molar refractivity (Wildman–Crippen MR) is 83.6 cm³/mol. The molecule has 1 unspecified atom stereocenters. The highest BCUT2D eigenvalue weighted by Crippen LogP contribution is 2.39. The van der Waals surface area contributed by atoms with Gasteiger partial charge in [-0.2, -0.15) is 0 Å². The summed E-state index contributed by atoms with van der Waals surface area (Å²) in [5.74, 6) is 0. The maximum absolute atomic E-state index is 5.95. The number of hydrogen-bond donors (Lipinski definition) is 0. The number of hydrogen-bond acceptors (Lipinski definition) is 1. The van der Waals surface area contributed by atoms with Crippen LogP contribution in [0.5, 0.6) is 0 Å². The summed E-state index contributed by atoms with van der Waals surface area (Å²) in [7, 11) is 0. The van der Waals surface area contributed by atoms with Crippen LogP contribution in [0.25, 0.3) is 0 Å². The van der Waals surface area contributed by atoms with Crippen molar-refractivity contribution >= 4 is 54.8 Å². The number of benzene rings is 1. The highest BCUT2D eigenvalue weighted by atomic mass is 79.9. The van der Waals surface area contributed by atoms with Gasteiger partial charge >= 0.3 is 0 Å². The monoisotopic (exact) mass is 392 g/mol. The fourth-order valence-electron chi connectivity index (χ4n) is 1.58. The van der Waals surface area contributed by atoms with Crippen LogP contribution >= 0.6 is 54.8 Å². The molecule has 1 atom stereocenters. The second-order valence-electron chi connectivity index (χ2n) is 3.69. The van der Waals surface area contributed by atoms with Crippen LogP contribution in [0, 0.1) is 0 Å². The fourth-order valence-corrected chi connectivity index (χ4v) is 4.58. The number of rotatable bonds is 3. The highest BCUT2D eigenvalue weighted by Gasteiger charge is 2.15. The number of alkyl halides is 1. The molecule has 1 heterocycles. The Morgan fingerprint density at radius 2 is 2.06 bits per heavy atom. The van der Waals surface area contributed by atoms with E-state index in [4.69, 9.17) is 11.6 Å². The van der Waals surface area contributed by atoms with E-state index in [1.165, 1.54) is 15.3 Å². The highest BCUT2D eigenvalue weighted by molar-refractivity contribution is 9.11. The van der Waals surface area contributed by atoms with Crippen LogP contribution in [0.4, 0.5) is 0 Å². The van der Waals surface area contributed by atoms with Crippen LogP contribution < -0.4 is 0 Å². The molecular formula is C13H11Br2ClS. The molecule has 0 aliphatic heterocycles. The van der Waals surface area contributed by atoms with E-state index in [0.29, 0.717) is 0 Å². The topological polar surface area (TPSA) is 0 Å². The van der Waals surface area contributed by atoms with Crippen LogP contribution in [-0.4, -0.2) is 0 Å². The lowest BCUT2D eigenvalue weighted by atomic mass is 10.1. The predicted octanol–water partition coefficient (Wildman–Crippen LogP) is 6.21. The van der Waals surface area contributed by atoms with Gasteiger partial charge < -0.3 is 0 Å². The Morgan fingerprint density at radius 3 is 2.65 bits per heavy atom. The first-order valence-electron chi connectivity index (χ1n) is 5.29. The van der Waals surface area contributed by atoms with Crippen LogP contribution in [0.2, 0.25) is 5.02 Å². The number of aryl methyl sites for hydroxylation is 1. The smallest absolute Gasteiger partial charge is 0.0749 e. The lowest BCUT2D eigenvalue weighted by molar-refractivity contribution is 1.19. The molecule has 17 heavy (non-hydrogen) atoms. The molecule has 0 aliphatic carbocycles. The third-order valence-electron chi connectivity index (χ3n) is 2.52. The van der Waals surface area contributed by atoms with E-state index in [1.807, 2.05) is 23.5 Å². The Bertz CT molecular complexity index is 522. The molecule has 2 aromatic rings. The lowest BCUT2D eigenvalue weighted by Gasteiger charge is -2.10. The van der Waals surface area contributed by atoms with E-state index < -0.39 is 0 Å². The summed E-state index contributed by atoms with van der Waals surface area (Å²) in [5.41, 5.74) is 1.21. The molecule has 90 valence electrons. The fraction of sp³-hybridized carbons (Fsp3) is 0.231. The molecule has 1 aromatic carbocycles. The minimum atomic E-state index is 0.222. The van der Waals surface area contributed by atoms with Crippen molar-refractivity contribution in [2.75, 3.05) is 0 Å². The first kappa shape index (κ1) is 13.6. The molecule has 0 spiro atoms. The van der Waals surface area contributed by atoms with Crippen molar-refractivity contribution in [3.8, 4) is 0 Å². The van der Waals surface area contributed by atoms with Gasteiger partial charge in [0, 0.05) is 19.2 Å². The summed E-state index contributed by atoms with van der Waals surface area (Å²) in [5, 5.41) is 0.751. The zero-order valence-electron chi connectivity index (χ0n) is 9.21. The zero-order valence-corrected chi connectivity index (χ0v) is 14.0. The minimum absolute atomic E-state index is 0.222. The second kappa shape index (κ2) is 5.87. The molecule has 1 aromatic heterocycles. The van der Waals surface area contributed by atoms with Gasteiger partial charge in [-0.25, -0.2) is 0 Å². The van der Waals surface area contributed by atoms with Gasteiger partial charge in [-0.05, 0) is 36.2 Å². The van der Waals surface area contributed by atoms with E-state index in [9.17, 15) is 0 Å². The second-order valence-corrected chi connectivity index (χ2v) is 7.09. The molecule has 0 nitrogen and oxygen atoms in total. The van der Waals surface area contributed by atoms with Crippen molar-refractivity contribution < 1.29 is 0 Å². The van der Waals surface area contributed by atoms with E-state index in [1.54, 1.807) is 0 Å². The van der Waals surface area contributed by atoms with Crippen LogP contribution in [0.15, 0.2) is 34.8 Å². The quantitative estimate of drug-likeness (QED) is 0.543. The largest absolute Gasteiger partial charge is 0.144 e. The summed E-state index contributed by atoms with van der Waals surface area (Å²) in [6.07, 6.45) is 1.09. The Hall–Kier alpha value is 0.170. The van der Waals surface area contributed by atoms with Gasteiger partial charge in [0.25, 0.3) is 0 Å². The Kier molecular flexibility index (Phi) is 4.70. The Balaban J connectivity index is 2.33. The Morgan fingerprint density at radius 1 is 1.29 bits per heavy atom. The number of halogens is 3. The Labute approximate surface area is 127 Å². The van der Waals surface area contributed by atoms with Gasteiger partial charge in [0.2, 0.25) is 0 Å². The average molecular weight is 395 g/mol. The number of thiophene rings is 1. The van der Waals surface area contributed by atoms with Crippen molar-refractivity contribution in [3.05, 3.63) is 55.1 Å². The van der Waals surface area contributed by atoms with Crippen LogP contribution in [0.3, 0.4) is 0 Å². The molecule has 0 N–H and O–H groups in total. The standard InChI is InChI=1S/C13H11Br2ClS/c1-2-9-4-6-12(17-9)13(15)10-5-3-8(16)7-11(10)14/h3-7,13H,2H2,1H3. The minimum Gasteiger partial charge on any atom is -0.144 e. The van der Waals surface area contributed by atoms with Crippen LogP contribution in [-0.2, 0) is 6.42 Å². The molecule has 0 saturated carbocycles. The summed E-state index contributed by atoms with van der Waals surface area (Å²) in [6, 6.07) is 10.3. The van der Waals surface area contributed by atoms with Crippen molar-refractivity contribution in [1.82, 2.24) is 0 Å². The van der Waals surface area contributed by atoms with E-state index >= 15 is 0 Å². The third-order valence-corrected chi connectivity index (χ3v) is 6.02. The first-order chi connectivity index (χ1) is 8.11. The maximum Gasteiger partial charge on any atom is 0.0749 e. The molecule has 0 aliphatic rings. The van der Waals surface area contributed by atoms with Crippen molar-refractivity contribution in [3.63, 3.8) is 0 Å². The normalized spacial score (nSPS) is 12.7. The van der Waals surface area contributed by atoms with Gasteiger partial charge in [0.1, 0.15) is 0 Å². The molecule has 0 radical (unpaired) electrons. The summed E-state index contributed by atoms with van der Waals surface area (Å²) in [6.45, 7) is 2.18. The molecule has 0 saturated heterocycles. The summed E-state index contributed by atoms with van der Waals surface area (Å²) in [4.78, 5) is 2.96. The van der Waals surface area contributed by atoms with Crippen molar-refractivity contribution in [1.29, 1.82) is 0 Å². The summed E-state index contributed by atoms with van der Waals surface area (Å²) >= 11 is 15.1. The van der Waals surface area contributed by atoms with Crippen molar-refractivity contribution in [2.24, 2.45) is 0 Å². The molecule has 0 fully saturated rings. The molecule has 0 bridgehead atoms. The third kappa shape index (κ3) is 3.14. The van der Waals surface area contributed by atoms with E-state index in [2.05, 4.69) is 57.0 Å².